The van der Waals surface area contributed by atoms with Crippen molar-refractivity contribution >= 4 is 33.2 Å². The number of hydrogen-bond acceptors (Lipinski definition) is 4. The van der Waals surface area contributed by atoms with Gasteiger partial charge in [0.1, 0.15) is 0 Å². The van der Waals surface area contributed by atoms with Crippen molar-refractivity contribution in [3.8, 4) is 0 Å². The Morgan fingerprint density at radius 1 is 0.833 bits per heavy atom. The summed E-state index contributed by atoms with van der Waals surface area (Å²) in [6.45, 7) is 0. The van der Waals surface area contributed by atoms with Crippen LogP contribution >= 0.6 is 0 Å². The van der Waals surface area contributed by atoms with Gasteiger partial charge < -0.3 is 16.0 Å². The van der Waals surface area contributed by atoms with Gasteiger partial charge in [-0.3, -0.25) is 4.79 Å². The molecule has 3 amide bonds. The van der Waals surface area contributed by atoms with E-state index < -0.39 is 9.84 Å². The molecule has 0 heterocycles. The quantitative estimate of drug-likeness (QED) is 0.649. The van der Waals surface area contributed by atoms with Crippen LogP contribution in [-0.4, -0.2) is 31.6 Å². The maximum absolute atomic E-state index is 12.8. The van der Waals surface area contributed by atoms with E-state index in [1.807, 2.05) is 0 Å². The van der Waals surface area contributed by atoms with Gasteiger partial charge in [0.25, 0.3) is 5.91 Å². The third kappa shape index (κ3) is 4.81. The molecule has 0 aromatic heterocycles. The minimum absolute atomic E-state index is 0.244. The summed E-state index contributed by atoms with van der Waals surface area (Å²) in [5, 5.41) is 7.98. The minimum Gasteiger partial charge on any atom is -0.335 e. The number of benzene rings is 2. The summed E-state index contributed by atoms with van der Waals surface area (Å²) in [6.07, 6.45) is 5.28. The average Bonchev–Trinajstić information content (AvgIpc) is 3.35. The van der Waals surface area contributed by atoms with Gasteiger partial charge in [-0.05, 0) is 68.1 Å². The Labute approximate surface area is 176 Å². The topological polar surface area (TPSA) is 104 Å². The van der Waals surface area contributed by atoms with E-state index >= 15 is 0 Å². The number of carbonyl (C=O) groups is 2. The number of sulfone groups is 1. The van der Waals surface area contributed by atoms with Crippen LogP contribution in [0.4, 0.5) is 16.2 Å². The predicted octanol–water partition coefficient (Wildman–Crippen LogP) is 3.94. The number of carbonyl (C=O) groups excluding carboxylic acids is 2. The summed E-state index contributed by atoms with van der Waals surface area (Å²) in [5.74, 6) is -0.348. The van der Waals surface area contributed by atoms with Gasteiger partial charge in [-0.2, -0.15) is 0 Å². The Balaban J connectivity index is 1.40. The maximum Gasteiger partial charge on any atom is 0.319 e. The molecule has 7 nitrogen and oxygen atoms in total. The number of nitrogens with one attached hydrogen (secondary N) is 3. The van der Waals surface area contributed by atoms with E-state index in [2.05, 4.69) is 16.0 Å². The van der Waals surface area contributed by atoms with Crippen molar-refractivity contribution in [2.45, 2.75) is 54.7 Å². The molecule has 2 saturated carbocycles. The lowest BCUT2D eigenvalue weighted by Crippen LogP contribution is -2.30. The minimum atomic E-state index is -3.38. The van der Waals surface area contributed by atoms with Crippen LogP contribution in [0.15, 0.2) is 53.4 Å². The number of rotatable bonds is 6. The van der Waals surface area contributed by atoms with Crippen LogP contribution in [0, 0.1) is 0 Å². The Morgan fingerprint density at radius 2 is 1.53 bits per heavy atom. The highest BCUT2D eigenvalue weighted by Gasteiger charge is 2.30. The summed E-state index contributed by atoms with van der Waals surface area (Å²) >= 11 is 0. The van der Waals surface area contributed by atoms with Crippen molar-refractivity contribution in [2.24, 2.45) is 0 Å². The highest BCUT2D eigenvalue weighted by atomic mass is 32.2. The van der Waals surface area contributed by atoms with E-state index in [1.165, 1.54) is 6.07 Å². The van der Waals surface area contributed by atoms with Crippen molar-refractivity contribution < 1.29 is 18.0 Å². The Hall–Kier alpha value is -2.87. The van der Waals surface area contributed by atoms with Crippen LogP contribution in [0.2, 0.25) is 0 Å². The van der Waals surface area contributed by atoms with Gasteiger partial charge in [-0.25, -0.2) is 13.2 Å². The number of amides is 3. The predicted molar refractivity (Wildman–Crippen MR) is 115 cm³/mol. The van der Waals surface area contributed by atoms with Gasteiger partial charge in [0, 0.05) is 23.0 Å². The molecule has 3 N–H and O–H groups in total. The van der Waals surface area contributed by atoms with Crippen LogP contribution in [0.1, 0.15) is 48.9 Å². The van der Waals surface area contributed by atoms with Crippen LogP contribution in [0.3, 0.4) is 0 Å². The Bertz CT molecular complexity index is 1040. The molecular formula is C22H25N3O4S. The second-order valence-corrected chi connectivity index (χ2v) is 10.1. The van der Waals surface area contributed by atoms with Crippen LogP contribution in [-0.2, 0) is 9.84 Å². The van der Waals surface area contributed by atoms with E-state index in [-0.39, 0.29) is 28.1 Å². The van der Waals surface area contributed by atoms with E-state index in [1.54, 1.807) is 42.5 Å². The highest BCUT2D eigenvalue weighted by Crippen LogP contribution is 2.30. The molecular weight excluding hydrogens is 402 g/mol. The van der Waals surface area contributed by atoms with Crippen molar-refractivity contribution in [1.82, 2.24) is 5.32 Å². The standard InChI is InChI=1S/C22H25N3O4S/c26-21(15-8-10-16(11-9-15)24-22(27)25-17-12-13-17)23-18-4-3-7-20(14-18)30(28,29)19-5-1-2-6-19/h3-4,7-11,14,17,19H,1-2,5-6,12-13H2,(H,23,26)(H2,24,25,27). The van der Waals surface area contributed by atoms with E-state index in [0.717, 1.165) is 25.7 Å². The van der Waals surface area contributed by atoms with E-state index in [4.69, 9.17) is 0 Å². The van der Waals surface area contributed by atoms with Crippen molar-refractivity contribution in [2.75, 3.05) is 10.6 Å². The molecule has 0 bridgehead atoms. The molecule has 2 fully saturated rings. The molecule has 0 saturated heterocycles. The van der Waals surface area contributed by atoms with Crippen LogP contribution in [0.25, 0.3) is 0 Å². The first-order valence-electron chi connectivity index (χ1n) is 10.2. The Morgan fingerprint density at radius 3 is 2.20 bits per heavy atom. The highest BCUT2D eigenvalue weighted by molar-refractivity contribution is 7.92. The second-order valence-electron chi connectivity index (χ2n) is 7.88. The summed E-state index contributed by atoms with van der Waals surface area (Å²) < 4.78 is 25.6. The first kappa shape index (κ1) is 20.4. The van der Waals surface area contributed by atoms with Crippen LogP contribution < -0.4 is 16.0 Å². The monoisotopic (exact) mass is 427 g/mol. The van der Waals surface area contributed by atoms with Gasteiger partial charge in [-0.15, -0.1) is 0 Å². The largest absolute Gasteiger partial charge is 0.335 e. The first-order chi connectivity index (χ1) is 14.4. The summed E-state index contributed by atoms with van der Waals surface area (Å²) in [6, 6.07) is 13.0. The molecule has 2 aromatic rings. The van der Waals surface area contributed by atoms with Crippen molar-refractivity contribution in [3.63, 3.8) is 0 Å². The fraction of sp³-hybridized carbons (Fsp3) is 0.364. The molecule has 2 aliphatic rings. The fourth-order valence-corrected chi connectivity index (χ4v) is 5.53. The first-order valence-corrected chi connectivity index (χ1v) is 11.8. The summed E-state index contributed by atoms with van der Waals surface area (Å²) in [7, 11) is -3.38. The average molecular weight is 428 g/mol. The fourth-order valence-electron chi connectivity index (χ4n) is 3.63. The van der Waals surface area contributed by atoms with E-state index in [9.17, 15) is 18.0 Å². The van der Waals surface area contributed by atoms with Gasteiger partial charge in [0.05, 0.1) is 10.1 Å². The smallest absolute Gasteiger partial charge is 0.319 e. The summed E-state index contributed by atoms with van der Waals surface area (Å²) in [5.41, 5.74) is 1.44. The third-order valence-corrected chi connectivity index (χ3v) is 7.74. The zero-order valence-electron chi connectivity index (χ0n) is 16.6. The van der Waals surface area contributed by atoms with Gasteiger partial charge >= 0.3 is 6.03 Å². The zero-order valence-corrected chi connectivity index (χ0v) is 17.4. The van der Waals surface area contributed by atoms with E-state index in [0.29, 0.717) is 29.8 Å². The molecule has 0 atom stereocenters. The molecule has 2 aliphatic carbocycles. The number of anilines is 2. The van der Waals surface area contributed by atoms with Crippen molar-refractivity contribution in [3.05, 3.63) is 54.1 Å². The second kappa shape index (κ2) is 8.47. The summed E-state index contributed by atoms with van der Waals surface area (Å²) in [4.78, 5) is 24.6. The number of urea groups is 1. The molecule has 8 heteroatoms. The van der Waals surface area contributed by atoms with Gasteiger partial charge in [0.15, 0.2) is 9.84 Å². The molecule has 0 radical (unpaired) electrons. The lowest BCUT2D eigenvalue weighted by Gasteiger charge is -2.13. The van der Waals surface area contributed by atoms with Gasteiger partial charge in [0.2, 0.25) is 0 Å². The number of hydrogen-bond donors (Lipinski definition) is 3. The lowest BCUT2D eigenvalue weighted by molar-refractivity contribution is 0.102. The third-order valence-electron chi connectivity index (χ3n) is 5.48. The normalized spacial score (nSPS) is 16.8. The van der Waals surface area contributed by atoms with Crippen molar-refractivity contribution in [1.29, 1.82) is 0 Å². The van der Waals surface area contributed by atoms with Gasteiger partial charge in [-0.1, -0.05) is 18.9 Å². The molecule has 0 unspecified atom stereocenters. The Kier molecular flexibility index (Phi) is 5.76. The molecule has 0 aliphatic heterocycles. The zero-order chi connectivity index (χ0) is 21.1. The molecule has 0 spiro atoms. The maximum atomic E-state index is 12.8. The molecule has 2 aromatic carbocycles. The van der Waals surface area contributed by atoms with Crippen LogP contribution in [0.5, 0.6) is 0 Å². The molecule has 4 rings (SSSR count). The molecule has 30 heavy (non-hydrogen) atoms. The lowest BCUT2D eigenvalue weighted by atomic mass is 10.2. The SMILES string of the molecule is O=C(Nc1ccc(C(=O)Nc2cccc(S(=O)(=O)C3CCCC3)c2)cc1)NC1CC1. The molecule has 158 valence electrons.